The molecule has 148 valence electrons. The zero-order chi connectivity index (χ0) is 18.7. The lowest BCUT2D eigenvalue weighted by Gasteiger charge is -2.09. The first-order valence-corrected chi connectivity index (χ1v) is 10.0. The molecule has 0 bridgehead atoms. The number of nitrogens with one attached hydrogen (secondary N) is 1. The van der Waals surface area contributed by atoms with Crippen LogP contribution in [-0.2, 0) is 14.4 Å². The normalized spacial score (nSPS) is 21.6. The molecule has 1 fully saturated rings. The molecule has 2 aliphatic rings. The number of carbonyl (C=O) groups excluding carboxylic acids is 1. The number of ether oxygens (including phenoxy) is 2. The maximum absolute atomic E-state index is 12.0. The van der Waals surface area contributed by atoms with Crippen molar-refractivity contribution in [2.75, 3.05) is 26.4 Å². The molecular weight excluding hydrogens is 344 g/mol. The Hall–Kier alpha value is -2.08. The molecule has 0 saturated carbocycles. The van der Waals surface area contributed by atoms with Crippen molar-refractivity contribution in [1.29, 1.82) is 0 Å². The first-order valence-electron chi connectivity index (χ1n) is 10.0. The highest BCUT2D eigenvalue weighted by molar-refractivity contribution is 6.01. The molecule has 1 amide bonds. The predicted octanol–water partition coefficient (Wildman–Crippen LogP) is 3.31. The summed E-state index contributed by atoms with van der Waals surface area (Å²) < 4.78 is 11.0. The summed E-state index contributed by atoms with van der Waals surface area (Å²) in [5, 5.41) is 7.07. The third kappa shape index (κ3) is 7.21. The fourth-order valence-electron chi connectivity index (χ4n) is 3.35. The second kappa shape index (κ2) is 10.9. The van der Waals surface area contributed by atoms with Crippen molar-refractivity contribution < 1.29 is 19.1 Å². The van der Waals surface area contributed by atoms with Gasteiger partial charge in [-0.15, -0.1) is 0 Å². The van der Waals surface area contributed by atoms with Crippen LogP contribution in [0.4, 0.5) is 0 Å². The fraction of sp³-hybridized carbons (Fsp3) is 0.619. The van der Waals surface area contributed by atoms with Gasteiger partial charge in [0.25, 0.3) is 0 Å². The van der Waals surface area contributed by atoms with Crippen LogP contribution in [0.25, 0.3) is 0 Å². The average Bonchev–Trinajstić information content (AvgIpc) is 3.36. The summed E-state index contributed by atoms with van der Waals surface area (Å²) in [6.45, 7) is 2.99. The molecule has 2 unspecified atom stereocenters. The van der Waals surface area contributed by atoms with Crippen LogP contribution < -0.4 is 10.1 Å². The molecule has 1 aromatic rings. The van der Waals surface area contributed by atoms with Gasteiger partial charge in [-0.2, -0.15) is 0 Å². The van der Waals surface area contributed by atoms with Gasteiger partial charge in [-0.1, -0.05) is 23.4 Å². The third-order valence-corrected chi connectivity index (χ3v) is 4.95. The van der Waals surface area contributed by atoms with Gasteiger partial charge in [-0.25, -0.2) is 0 Å². The van der Waals surface area contributed by atoms with E-state index in [1.54, 1.807) is 0 Å². The van der Waals surface area contributed by atoms with Crippen LogP contribution in [0.2, 0.25) is 0 Å². The van der Waals surface area contributed by atoms with E-state index in [-0.39, 0.29) is 12.0 Å². The quantitative estimate of drug-likeness (QED) is 0.603. The third-order valence-electron chi connectivity index (χ3n) is 4.95. The minimum atomic E-state index is 0.0305. The highest BCUT2D eigenvalue weighted by Crippen LogP contribution is 2.19. The van der Waals surface area contributed by atoms with Crippen LogP contribution in [0.5, 0.6) is 5.75 Å². The summed E-state index contributed by atoms with van der Waals surface area (Å²) in [4.78, 5) is 17.5. The highest BCUT2D eigenvalue weighted by Gasteiger charge is 2.23. The van der Waals surface area contributed by atoms with E-state index < -0.39 is 0 Å². The maximum atomic E-state index is 12.0. The number of hydrogen-bond donors (Lipinski definition) is 1. The molecule has 0 aliphatic carbocycles. The Balaban J connectivity index is 1.19. The van der Waals surface area contributed by atoms with E-state index in [2.05, 4.69) is 10.5 Å². The largest absolute Gasteiger partial charge is 0.494 e. The summed E-state index contributed by atoms with van der Waals surface area (Å²) >= 11 is 0. The van der Waals surface area contributed by atoms with Crippen molar-refractivity contribution in [2.24, 2.45) is 11.1 Å². The van der Waals surface area contributed by atoms with E-state index >= 15 is 0 Å². The topological polar surface area (TPSA) is 69.2 Å². The lowest BCUT2D eigenvalue weighted by molar-refractivity contribution is -0.120. The standard InChI is InChI=1S/C21H30N2O4/c24-21(22-15-17-10-12-25-16-17)14-18-13-20(27-23-18)9-5-2-6-11-26-19-7-3-1-4-8-19/h1,3-4,7-8,17,20H,2,5-6,9-16H2,(H,22,24). The zero-order valence-corrected chi connectivity index (χ0v) is 15.9. The minimum Gasteiger partial charge on any atom is -0.494 e. The molecule has 1 aromatic carbocycles. The Morgan fingerprint density at radius 2 is 2.11 bits per heavy atom. The summed E-state index contributed by atoms with van der Waals surface area (Å²) in [7, 11) is 0. The van der Waals surface area contributed by atoms with E-state index in [1.165, 1.54) is 0 Å². The van der Waals surface area contributed by atoms with Crippen LogP contribution in [0.15, 0.2) is 35.5 Å². The number of carbonyl (C=O) groups is 1. The molecule has 0 aromatic heterocycles. The van der Waals surface area contributed by atoms with Gasteiger partial charge in [0.15, 0.2) is 0 Å². The van der Waals surface area contributed by atoms with Crippen LogP contribution in [0, 0.1) is 5.92 Å². The zero-order valence-electron chi connectivity index (χ0n) is 15.9. The Labute approximate surface area is 161 Å². The van der Waals surface area contributed by atoms with Crippen LogP contribution in [0.1, 0.15) is 44.9 Å². The van der Waals surface area contributed by atoms with Crippen LogP contribution in [-0.4, -0.2) is 44.1 Å². The van der Waals surface area contributed by atoms with Crippen LogP contribution >= 0.6 is 0 Å². The molecule has 2 heterocycles. The molecule has 0 spiro atoms. The molecule has 1 N–H and O–H groups in total. The van der Waals surface area contributed by atoms with Crippen molar-refractivity contribution in [3.63, 3.8) is 0 Å². The van der Waals surface area contributed by atoms with E-state index in [4.69, 9.17) is 14.3 Å². The average molecular weight is 374 g/mol. The molecule has 2 aliphatic heterocycles. The summed E-state index contributed by atoms with van der Waals surface area (Å²) in [6, 6.07) is 9.90. The van der Waals surface area contributed by atoms with Gasteiger partial charge in [0.05, 0.1) is 25.3 Å². The van der Waals surface area contributed by atoms with Gasteiger partial charge in [0, 0.05) is 25.5 Å². The summed E-state index contributed by atoms with van der Waals surface area (Å²) in [5.41, 5.74) is 0.854. The van der Waals surface area contributed by atoms with Crippen molar-refractivity contribution in [1.82, 2.24) is 5.32 Å². The number of oxime groups is 1. The minimum absolute atomic E-state index is 0.0305. The predicted molar refractivity (Wildman–Crippen MR) is 104 cm³/mol. The Bertz CT molecular complexity index is 599. The molecule has 2 atom stereocenters. The first kappa shape index (κ1) is 19.7. The monoisotopic (exact) mass is 374 g/mol. The number of benzene rings is 1. The van der Waals surface area contributed by atoms with Gasteiger partial charge < -0.3 is 19.6 Å². The lowest BCUT2D eigenvalue weighted by atomic mass is 10.0. The fourth-order valence-corrected chi connectivity index (χ4v) is 3.35. The van der Waals surface area contributed by atoms with Gasteiger partial charge in [-0.3, -0.25) is 4.79 Å². The second-order valence-electron chi connectivity index (χ2n) is 7.31. The van der Waals surface area contributed by atoms with Gasteiger partial charge >= 0.3 is 0 Å². The Morgan fingerprint density at radius 3 is 2.93 bits per heavy atom. The summed E-state index contributed by atoms with van der Waals surface area (Å²) in [5.74, 6) is 1.41. The number of unbranched alkanes of at least 4 members (excludes halogenated alkanes) is 2. The van der Waals surface area contributed by atoms with E-state index in [0.29, 0.717) is 18.9 Å². The van der Waals surface area contributed by atoms with Crippen molar-refractivity contribution in [3.05, 3.63) is 30.3 Å². The molecule has 0 radical (unpaired) electrons. The van der Waals surface area contributed by atoms with Crippen molar-refractivity contribution in [3.8, 4) is 5.75 Å². The van der Waals surface area contributed by atoms with Gasteiger partial charge in [0.2, 0.25) is 5.91 Å². The number of para-hydroxylation sites is 1. The number of hydrogen-bond acceptors (Lipinski definition) is 5. The smallest absolute Gasteiger partial charge is 0.225 e. The van der Waals surface area contributed by atoms with E-state index in [1.807, 2.05) is 30.3 Å². The Morgan fingerprint density at radius 1 is 1.22 bits per heavy atom. The van der Waals surface area contributed by atoms with Gasteiger partial charge in [-0.05, 0) is 44.2 Å². The van der Waals surface area contributed by atoms with Crippen LogP contribution in [0.3, 0.4) is 0 Å². The molecule has 27 heavy (non-hydrogen) atoms. The van der Waals surface area contributed by atoms with E-state index in [9.17, 15) is 4.79 Å². The molecule has 1 saturated heterocycles. The molecule has 6 nitrogen and oxygen atoms in total. The van der Waals surface area contributed by atoms with Crippen molar-refractivity contribution >= 4 is 11.6 Å². The lowest BCUT2D eigenvalue weighted by Crippen LogP contribution is -2.30. The number of amides is 1. The maximum Gasteiger partial charge on any atom is 0.225 e. The molecular formula is C21H30N2O4. The SMILES string of the molecule is O=C(CC1=NOC(CCCCCOc2ccccc2)C1)NCC1CCOC1. The number of rotatable bonds is 11. The van der Waals surface area contributed by atoms with Gasteiger partial charge in [0.1, 0.15) is 11.9 Å². The Kier molecular flexibility index (Phi) is 7.96. The first-order chi connectivity index (χ1) is 13.3. The number of nitrogens with zero attached hydrogens (tertiary/aromatic N) is 1. The molecule has 6 heteroatoms. The van der Waals surface area contributed by atoms with Crippen molar-refractivity contribution in [2.45, 2.75) is 51.0 Å². The second-order valence-corrected chi connectivity index (χ2v) is 7.31. The highest BCUT2D eigenvalue weighted by atomic mass is 16.6. The van der Waals surface area contributed by atoms with E-state index in [0.717, 1.165) is 69.8 Å². The molecule has 3 rings (SSSR count). The summed E-state index contributed by atoms with van der Waals surface area (Å²) in [6.07, 6.45) is 6.44.